The van der Waals surface area contributed by atoms with E-state index in [9.17, 15) is 23.1 Å². The Balaban J connectivity index is 2.26. The van der Waals surface area contributed by atoms with Gasteiger partial charge in [0.15, 0.2) is 5.60 Å². The Labute approximate surface area is 116 Å². The van der Waals surface area contributed by atoms with Crippen molar-refractivity contribution in [1.82, 2.24) is 0 Å². The van der Waals surface area contributed by atoms with Gasteiger partial charge in [-0.15, -0.1) is 11.8 Å². The smallest absolute Gasteiger partial charge is 0.383 e. The van der Waals surface area contributed by atoms with Crippen LogP contribution >= 0.6 is 11.8 Å². The lowest BCUT2D eigenvalue weighted by Gasteiger charge is -2.38. The summed E-state index contributed by atoms with van der Waals surface area (Å²) in [4.78, 5) is 12.1. The van der Waals surface area contributed by atoms with Crippen molar-refractivity contribution in [3.63, 3.8) is 0 Å². The number of rotatable bonds is 0. The number of hydrogen-bond acceptors (Lipinski definition) is 4. The van der Waals surface area contributed by atoms with E-state index in [0.29, 0.717) is 11.4 Å². The van der Waals surface area contributed by atoms with Gasteiger partial charge in [0.05, 0.1) is 12.1 Å². The van der Waals surface area contributed by atoms with Gasteiger partial charge in [0.25, 0.3) is 0 Å². The Morgan fingerprint density at radius 3 is 2.80 bits per heavy atom. The van der Waals surface area contributed by atoms with Crippen LogP contribution in [-0.4, -0.2) is 29.5 Å². The highest BCUT2D eigenvalue weighted by Gasteiger charge is 2.60. The second-order valence-corrected chi connectivity index (χ2v) is 5.86. The largest absolute Gasteiger partial charge is 0.422 e. The van der Waals surface area contributed by atoms with Crippen LogP contribution in [0.25, 0.3) is 0 Å². The number of fused-ring (bicyclic) bond motifs is 3. The van der Waals surface area contributed by atoms with Crippen molar-refractivity contribution in [1.29, 1.82) is 0 Å². The van der Waals surface area contributed by atoms with Crippen molar-refractivity contribution in [2.45, 2.75) is 23.1 Å². The van der Waals surface area contributed by atoms with Crippen molar-refractivity contribution in [2.75, 3.05) is 22.9 Å². The van der Waals surface area contributed by atoms with Crippen molar-refractivity contribution in [3.05, 3.63) is 17.7 Å². The second kappa shape index (κ2) is 4.29. The first-order valence-corrected chi connectivity index (χ1v) is 6.94. The van der Waals surface area contributed by atoms with E-state index in [1.165, 1.54) is 17.8 Å². The van der Waals surface area contributed by atoms with Gasteiger partial charge in [0.2, 0.25) is 5.91 Å². The molecule has 0 saturated carbocycles. The van der Waals surface area contributed by atoms with E-state index >= 15 is 0 Å². The number of carbonyl (C=O) groups excluding carboxylic acids is 1. The zero-order valence-electron chi connectivity index (χ0n) is 10.2. The quantitative estimate of drug-likeness (QED) is 0.688. The summed E-state index contributed by atoms with van der Waals surface area (Å²) in [5.74, 6) is -0.108. The van der Waals surface area contributed by atoms with Crippen LogP contribution in [-0.2, 0) is 10.4 Å². The molecule has 1 amide bonds. The molecule has 3 N–H and O–H groups in total. The van der Waals surface area contributed by atoms with Gasteiger partial charge in [-0.2, -0.15) is 13.2 Å². The summed E-state index contributed by atoms with van der Waals surface area (Å²) in [6.45, 7) is 0.510. The number of aliphatic hydroxyl groups is 1. The highest BCUT2D eigenvalue weighted by Crippen LogP contribution is 2.52. The van der Waals surface area contributed by atoms with Crippen LogP contribution in [0.4, 0.5) is 24.5 Å². The standard InChI is InChI=1S/C12H11F3N2O2S/c13-12(14,15)11(19)5-8(18)17-6-1-2-7-10(9(6)11)16-3-4-20-7/h1-2,16,19H,3-5H2,(H,17,18). The predicted molar refractivity (Wildman–Crippen MR) is 68.9 cm³/mol. The van der Waals surface area contributed by atoms with Gasteiger partial charge in [-0.05, 0) is 12.1 Å². The average molecular weight is 304 g/mol. The van der Waals surface area contributed by atoms with Gasteiger partial charge in [-0.1, -0.05) is 0 Å². The molecule has 0 saturated heterocycles. The Kier molecular flexibility index (Phi) is 2.91. The zero-order valence-corrected chi connectivity index (χ0v) is 11.0. The fourth-order valence-electron chi connectivity index (χ4n) is 2.51. The first-order chi connectivity index (χ1) is 9.33. The Hall–Kier alpha value is -1.41. The molecule has 20 heavy (non-hydrogen) atoms. The molecule has 0 aliphatic carbocycles. The third kappa shape index (κ3) is 1.86. The van der Waals surface area contributed by atoms with E-state index in [1.54, 1.807) is 6.07 Å². The molecule has 3 rings (SSSR count). The van der Waals surface area contributed by atoms with Gasteiger partial charge < -0.3 is 15.7 Å². The normalized spacial score (nSPS) is 25.3. The molecular weight excluding hydrogens is 293 g/mol. The molecule has 108 valence electrons. The fraction of sp³-hybridized carbons (Fsp3) is 0.417. The number of nitrogens with one attached hydrogen (secondary N) is 2. The predicted octanol–water partition coefficient (Wildman–Crippen LogP) is 2.30. The van der Waals surface area contributed by atoms with Gasteiger partial charge in [0.1, 0.15) is 0 Å². The molecule has 1 unspecified atom stereocenters. The average Bonchev–Trinajstić information content (AvgIpc) is 2.36. The number of alkyl halides is 3. The number of benzene rings is 1. The Morgan fingerprint density at radius 1 is 1.35 bits per heavy atom. The summed E-state index contributed by atoms with van der Waals surface area (Å²) in [5, 5.41) is 15.4. The molecule has 0 bridgehead atoms. The number of hydrogen-bond donors (Lipinski definition) is 3. The minimum atomic E-state index is -4.92. The van der Waals surface area contributed by atoms with E-state index in [-0.39, 0.29) is 16.9 Å². The maximum atomic E-state index is 13.3. The van der Waals surface area contributed by atoms with Gasteiger partial charge in [-0.25, -0.2) is 0 Å². The second-order valence-electron chi connectivity index (χ2n) is 4.72. The minimum absolute atomic E-state index is 0.00910. The molecule has 8 heteroatoms. The first-order valence-electron chi connectivity index (χ1n) is 5.96. The maximum Gasteiger partial charge on any atom is 0.422 e. The van der Waals surface area contributed by atoms with Crippen molar-refractivity contribution < 1.29 is 23.1 Å². The molecule has 0 aromatic heterocycles. The molecular formula is C12H11F3N2O2S. The van der Waals surface area contributed by atoms with Crippen LogP contribution in [0.15, 0.2) is 17.0 Å². The fourth-order valence-corrected chi connectivity index (χ4v) is 3.41. The molecule has 2 heterocycles. The third-order valence-corrected chi connectivity index (χ3v) is 4.46. The number of thioether (sulfide) groups is 1. The Morgan fingerprint density at radius 2 is 2.10 bits per heavy atom. The van der Waals surface area contributed by atoms with Crippen LogP contribution in [0.3, 0.4) is 0 Å². The summed E-state index contributed by atoms with van der Waals surface area (Å²) >= 11 is 1.42. The number of amides is 1. The molecule has 0 fully saturated rings. The van der Waals surface area contributed by atoms with Crippen LogP contribution in [0, 0.1) is 0 Å². The molecule has 1 aromatic rings. The van der Waals surface area contributed by atoms with Crippen molar-refractivity contribution in [2.24, 2.45) is 0 Å². The minimum Gasteiger partial charge on any atom is -0.383 e. The van der Waals surface area contributed by atoms with Gasteiger partial charge in [0, 0.05) is 28.4 Å². The van der Waals surface area contributed by atoms with Crippen LogP contribution in [0.5, 0.6) is 0 Å². The van der Waals surface area contributed by atoms with E-state index in [2.05, 4.69) is 10.6 Å². The molecule has 0 radical (unpaired) electrons. The highest BCUT2D eigenvalue weighted by molar-refractivity contribution is 7.99. The summed E-state index contributed by atoms with van der Waals surface area (Å²) in [6, 6.07) is 3.05. The van der Waals surface area contributed by atoms with Crippen molar-refractivity contribution in [3.8, 4) is 0 Å². The SMILES string of the molecule is O=C1CC(O)(C(F)(F)F)c2c(ccc3c2NCCS3)N1. The number of anilines is 2. The highest BCUT2D eigenvalue weighted by atomic mass is 32.2. The van der Waals surface area contributed by atoms with E-state index in [0.717, 1.165) is 5.75 Å². The lowest BCUT2D eigenvalue weighted by Crippen LogP contribution is -2.49. The summed E-state index contributed by atoms with van der Waals surface area (Å²) in [7, 11) is 0. The monoisotopic (exact) mass is 304 g/mol. The van der Waals surface area contributed by atoms with E-state index < -0.39 is 24.1 Å². The molecule has 1 aromatic carbocycles. The lowest BCUT2D eigenvalue weighted by molar-refractivity contribution is -0.267. The lowest BCUT2D eigenvalue weighted by atomic mass is 9.84. The maximum absolute atomic E-state index is 13.3. The summed E-state index contributed by atoms with van der Waals surface area (Å²) < 4.78 is 39.8. The molecule has 2 aliphatic rings. The number of carbonyl (C=O) groups is 1. The molecule has 0 spiro atoms. The van der Waals surface area contributed by atoms with E-state index in [1.807, 2.05) is 0 Å². The first kappa shape index (κ1) is 13.6. The summed E-state index contributed by atoms with van der Waals surface area (Å²) in [6.07, 6.45) is -5.94. The number of halogens is 3. The third-order valence-electron chi connectivity index (χ3n) is 3.40. The van der Waals surface area contributed by atoms with Gasteiger partial charge in [-0.3, -0.25) is 4.79 Å². The molecule has 2 aliphatic heterocycles. The summed E-state index contributed by atoms with van der Waals surface area (Å²) in [5.41, 5.74) is -3.16. The van der Waals surface area contributed by atoms with Crippen LogP contribution < -0.4 is 10.6 Å². The zero-order chi connectivity index (χ0) is 14.5. The topological polar surface area (TPSA) is 61.4 Å². The van der Waals surface area contributed by atoms with E-state index in [4.69, 9.17) is 0 Å². The Bertz CT molecular complexity index is 591. The van der Waals surface area contributed by atoms with Crippen LogP contribution in [0.1, 0.15) is 12.0 Å². The molecule has 1 atom stereocenters. The van der Waals surface area contributed by atoms with Crippen LogP contribution in [0.2, 0.25) is 0 Å². The van der Waals surface area contributed by atoms with Crippen molar-refractivity contribution >= 4 is 29.0 Å². The van der Waals surface area contributed by atoms with Gasteiger partial charge >= 0.3 is 6.18 Å². The molecule has 4 nitrogen and oxygen atoms in total.